The molecule has 0 amide bonds. The van der Waals surface area contributed by atoms with E-state index in [1.807, 2.05) is 6.07 Å². The maximum absolute atomic E-state index is 12.6. The lowest BCUT2D eigenvalue weighted by molar-refractivity contribution is 0.0721. The molecular weight excluding hydrogens is 530 g/mol. The van der Waals surface area contributed by atoms with Crippen molar-refractivity contribution in [2.75, 3.05) is 53.0 Å². The predicted octanol–water partition coefficient (Wildman–Crippen LogP) is 4.22. The summed E-state index contributed by atoms with van der Waals surface area (Å²) in [5.74, 6) is 2.41. The number of hydrogen-bond donors (Lipinski definition) is 1. The first-order chi connectivity index (χ1) is 16.9. The maximum Gasteiger partial charge on any atom is 0.279 e. The Morgan fingerprint density at radius 1 is 1.03 bits per heavy atom. The van der Waals surface area contributed by atoms with Crippen LogP contribution in [0.1, 0.15) is 56.9 Å². The number of rotatable bonds is 10. The molecule has 0 bridgehead atoms. The van der Waals surface area contributed by atoms with Gasteiger partial charge in [-0.2, -0.15) is 17.4 Å². The van der Waals surface area contributed by atoms with E-state index in [9.17, 15) is 8.42 Å². The zero-order valence-electron chi connectivity index (χ0n) is 21.1. The summed E-state index contributed by atoms with van der Waals surface area (Å²) >= 11 is 3.70. The van der Waals surface area contributed by atoms with Crippen LogP contribution in [0.3, 0.4) is 0 Å². The second-order valence-electron chi connectivity index (χ2n) is 10.4. The monoisotopic (exact) mass is 571 g/mol. The minimum atomic E-state index is -3.37. The SMILES string of the molecule is COc1ccc(Br)c(CC2CCN(CCC[C@H]3CC[C@H](NS(=O)(=O)N4CCOCC4)CC3)CC2)c1. The summed E-state index contributed by atoms with van der Waals surface area (Å²) in [6.45, 7) is 5.49. The van der Waals surface area contributed by atoms with Crippen LogP contribution in [0.5, 0.6) is 5.75 Å². The van der Waals surface area contributed by atoms with Gasteiger partial charge in [0.15, 0.2) is 0 Å². The van der Waals surface area contributed by atoms with Gasteiger partial charge in [0, 0.05) is 23.6 Å². The van der Waals surface area contributed by atoms with Crippen LogP contribution in [0.4, 0.5) is 0 Å². The summed E-state index contributed by atoms with van der Waals surface area (Å²) in [4.78, 5) is 2.64. The number of benzene rings is 1. The molecule has 0 spiro atoms. The molecule has 3 fully saturated rings. The number of piperidine rings is 1. The molecule has 0 aromatic heterocycles. The number of nitrogens with one attached hydrogen (secondary N) is 1. The highest BCUT2D eigenvalue weighted by molar-refractivity contribution is 9.10. The van der Waals surface area contributed by atoms with Gasteiger partial charge in [-0.15, -0.1) is 0 Å². The number of ether oxygens (including phenoxy) is 2. The molecule has 0 unspecified atom stereocenters. The smallest absolute Gasteiger partial charge is 0.279 e. The molecule has 1 saturated carbocycles. The maximum atomic E-state index is 12.6. The highest BCUT2D eigenvalue weighted by Crippen LogP contribution is 2.30. The zero-order valence-corrected chi connectivity index (χ0v) is 23.5. The largest absolute Gasteiger partial charge is 0.497 e. The van der Waals surface area contributed by atoms with Crippen LogP contribution in [0.2, 0.25) is 0 Å². The Kier molecular flexibility index (Phi) is 10.3. The van der Waals surface area contributed by atoms with Crippen molar-refractivity contribution < 1.29 is 17.9 Å². The molecule has 1 aromatic rings. The Bertz CT molecular complexity index is 894. The van der Waals surface area contributed by atoms with Crippen molar-refractivity contribution >= 4 is 26.1 Å². The fourth-order valence-corrected chi connectivity index (χ4v) is 7.65. The number of morpholine rings is 1. The minimum Gasteiger partial charge on any atom is -0.497 e. The van der Waals surface area contributed by atoms with Crippen molar-refractivity contribution in [1.82, 2.24) is 13.9 Å². The average molecular weight is 573 g/mol. The molecule has 2 aliphatic heterocycles. The Morgan fingerprint density at radius 3 is 2.43 bits per heavy atom. The summed E-state index contributed by atoms with van der Waals surface area (Å²) in [5, 5.41) is 0. The minimum absolute atomic E-state index is 0.0859. The first kappa shape index (κ1) is 27.3. The van der Waals surface area contributed by atoms with Crippen molar-refractivity contribution in [2.45, 2.75) is 63.8 Å². The van der Waals surface area contributed by atoms with Gasteiger partial charge in [0.2, 0.25) is 0 Å². The Morgan fingerprint density at radius 2 is 1.74 bits per heavy atom. The van der Waals surface area contributed by atoms with Gasteiger partial charge in [-0.25, -0.2) is 0 Å². The summed E-state index contributed by atoms with van der Waals surface area (Å²) in [5.41, 5.74) is 1.35. The molecule has 4 rings (SSSR count). The normalized spacial score (nSPS) is 25.5. The van der Waals surface area contributed by atoms with Crippen molar-refractivity contribution in [1.29, 1.82) is 0 Å². The molecule has 7 nitrogen and oxygen atoms in total. The highest BCUT2D eigenvalue weighted by Gasteiger charge is 2.29. The van der Waals surface area contributed by atoms with Crippen LogP contribution in [-0.2, 0) is 21.4 Å². The van der Waals surface area contributed by atoms with E-state index in [1.165, 1.54) is 59.7 Å². The van der Waals surface area contributed by atoms with E-state index in [0.717, 1.165) is 49.7 Å². The quantitative estimate of drug-likeness (QED) is 0.455. The van der Waals surface area contributed by atoms with E-state index in [1.54, 1.807) is 7.11 Å². The first-order valence-electron chi connectivity index (χ1n) is 13.3. The molecule has 9 heteroatoms. The van der Waals surface area contributed by atoms with E-state index in [0.29, 0.717) is 26.3 Å². The molecule has 0 radical (unpaired) electrons. The van der Waals surface area contributed by atoms with E-state index in [-0.39, 0.29) is 6.04 Å². The Hall–Kier alpha value is -0.710. The molecule has 1 aromatic carbocycles. The Labute approximate surface area is 220 Å². The predicted molar refractivity (Wildman–Crippen MR) is 143 cm³/mol. The van der Waals surface area contributed by atoms with Gasteiger partial charge in [0.25, 0.3) is 10.2 Å². The van der Waals surface area contributed by atoms with Crippen LogP contribution in [-0.4, -0.2) is 76.7 Å². The highest BCUT2D eigenvalue weighted by atomic mass is 79.9. The first-order valence-corrected chi connectivity index (χ1v) is 15.6. The number of nitrogens with zero attached hydrogens (tertiary/aromatic N) is 2. The standard InChI is InChI=1S/C26H42BrN3O4S/c1-33-25-8-9-26(27)23(20-25)19-22-10-13-29(14-11-22)12-2-3-21-4-6-24(7-5-21)28-35(31,32)30-15-17-34-18-16-30/h8-9,20-22,24,28H,2-7,10-19H2,1H3/t21-,24-. The molecule has 1 aliphatic carbocycles. The molecule has 2 heterocycles. The third kappa shape index (κ3) is 8.14. The van der Waals surface area contributed by atoms with Gasteiger partial charge in [0.05, 0.1) is 20.3 Å². The van der Waals surface area contributed by atoms with Crippen LogP contribution in [0.25, 0.3) is 0 Å². The van der Waals surface area contributed by atoms with Gasteiger partial charge in [-0.3, -0.25) is 0 Å². The summed E-state index contributed by atoms with van der Waals surface area (Å²) in [7, 11) is -1.65. The topological polar surface area (TPSA) is 71.1 Å². The van der Waals surface area contributed by atoms with Gasteiger partial charge in [-0.05, 0) is 113 Å². The second kappa shape index (κ2) is 13.2. The number of methoxy groups -OCH3 is 1. The van der Waals surface area contributed by atoms with E-state index in [4.69, 9.17) is 9.47 Å². The molecule has 198 valence electrons. The average Bonchev–Trinajstić information content (AvgIpc) is 2.88. The lowest BCUT2D eigenvalue weighted by Crippen LogP contribution is -2.50. The molecular formula is C26H42BrN3O4S. The second-order valence-corrected chi connectivity index (χ2v) is 13.0. The fraction of sp³-hybridized carbons (Fsp3) is 0.769. The summed E-state index contributed by atoms with van der Waals surface area (Å²) < 4.78 is 41.5. The molecule has 3 aliphatic rings. The lowest BCUT2D eigenvalue weighted by Gasteiger charge is -2.34. The summed E-state index contributed by atoms with van der Waals surface area (Å²) in [6.07, 6.45) is 10.3. The third-order valence-electron chi connectivity index (χ3n) is 8.03. The van der Waals surface area contributed by atoms with Gasteiger partial charge < -0.3 is 14.4 Å². The van der Waals surface area contributed by atoms with E-state index in [2.05, 4.69) is 37.7 Å². The number of hydrogen-bond acceptors (Lipinski definition) is 5. The van der Waals surface area contributed by atoms with Gasteiger partial charge >= 0.3 is 0 Å². The van der Waals surface area contributed by atoms with E-state index < -0.39 is 10.2 Å². The number of halogens is 1. The van der Waals surface area contributed by atoms with Gasteiger partial charge in [-0.1, -0.05) is 15.9 Å². The third-order valence-corrected chi connectivity index (χ3v) is 10.5. The molecule has 1 N–H and O–H groups in total. The zero-order chi connectivity index (χ0) is 24.7. The van der Waals surface area contributed by atoms with Crippen LogP contribution in [0, 0.1) is 11.8 Å². The lowest BCUT2D eigenvalue weighted by atomic mass is 9.83. The van der Waals surface area contributed by atoms with Crippen molar-refractivity contribution in [3.63, 3.8) is 0 Å². The number of likely N-dealkylation sites (tertiary alicyclic amines) is 1. The molecule has 2 saturated heterocycles. The van der Waals surface area contributed by atoms with Crippen LogP contribution >= 0.6 is 15.9 Å². The van der Waals surface area contributed by atoms with Crippen molar-refractivity contribution in [2.24, 2.45) is 11.8 Å². The van der Waals surface area contributed by atoms with Gasteiger partial charge in [0.1, 0.15) is 5.75 Å². The van der Waals surface area contributed by atoms with Crippen LogP contribution in [0.15, 0.2) is 22.7 Å². The van der Waals surface area contributed by atoms with Crippen molar-refractivity contribution in [3.05, 3.63) is 28.2 Å². The summed E-state index contributed by atoms with van der Waals surface area (Å²) in [6, 6.07) is 6.35. The Balaban J connectivity index is 1.10. The molecule has 35 heavy (non-hydrogen) atoms. The van der Waals surface area contributed by atoms with E-state index >= 15 is 0 Å². The molecule has 0 atom stereocenters. The van der Waals surface area contributed by atoms with Crippen LogP contribution < -0.4 is 9.46 Å². The van der Waals surface area contributed by atoms with Crippen molar-refractivity contribution in [3.8, 4) is 5.75 Å². The fourth-order valence-electron chi connectivity index (χ4n) is 5.80.